The molecule has 2 aliphatic heterocycles. The second-order valence-electron chi connectivity index (χ2n) is 3.07. The van der Waals surface area contributed by atoms with Gasteiger partial charge in [-0.25, -0.2) is 0 Å². The van der Waals surface area contributed by atoms with Gasteiger partial charge in [0, 0.05) is 0 Å². The van der Waals surface area contributed by atoms with E-state index in [1.165, 1.54) is 4.90 Å². The minimum atomic E-state index is 0.00287. The van der Waals surface area contributed by atoms with Gasteiger partial charge in [0.15, 0.2) is 6.29 Å². The smallest absolute Gasteiger partial charge is 0.156 e. The molecule has 0 spiro atoms. The molecule has 0 aromatic carbocycles. The molecule has 0 saturated carbocycles. The number of rotatable bonds is 0. The van der Waals surface area contributed by atoms with Crippen LogP contribution in [0, 0.1) is 7.05 Å². The summed E-state index contributed by atoms with van der Waals surface area (Å²) >= 11 is 0. The fourth-order valence-electron chi connectivity index (χ4n) is 1.71. The second kappa shape index (κ2) is 2.19. The minimum Gasteiger partial charge on any atom is -0.463 e. The lowest BCUT2D eigenvalue weighted by Gasteiger charge is -2.14. The lowest BCUT2D eigenvalue weighted by Crippen LogP contribution is -3.05. The Bertz CT molecular complexity index is 112. The van der Waals surface area contributed by atoms with Crippen LogP contribution in [0.1, 0.15) is 6.92 Å². The maximum absolute atomic E-state index is 5.47. The number of fused-ring (bicyclic) bond motifs is 1. The minimum absolute atomic E-state index is 0.00287. The monoisotopic (exact) mass is 143 g/mol. The summed E-state index contributed by atoms with van der Waals surface area (Å²) in [5.74, 6) is 0. The third-order valence-corrected chi connectivity index (χ3v) is 2.13. The molecule has 1 N–H and O–H groups in total. The van der Waals surface area contributed by atoms with Gasteiger partial charge >= 0.3 is 0 Å². The van der Waals surface area contributed by atoms with E-state index in [2.05, 4.69) is 7.05 Å². The van der Waals surface area contributed by atoms with Gasteiger partial charge in [0.05, 0.1) is 13.1 Å². The highest BCUT2D eigenvalue weighted by molar-refractivity contribution is 4.79. The predicted octanol–water partition coefficient (Wildman–Crippen LogP) is -1.19. The van der Waals surface area contributed by atoms with Gasteiger partial charge in [-0.15, -0.1) is 0 Å². The van der Waals surface area contributed by atoms with Gasteiger partial charge in [0.2, 0.25) is 0 Å². The first-order valence-corrected chi connectivity index (χ1v) is 3.73. The normalized spacial score (nSPS) is 53.4. The van der Waals surface area contributed by atoms with E-state index >= 15 is 0 Å². The van der Waals surface area contributed by atoms with E-state index in [0.29, 0.717) is 12.2 Å². The van der Waals surface area contributed by atoms with Crippen molar-refractivity contribution in [3.05, 3.63) is 7.05 Å². The van der Waals surface area contributed by atoms with E-state index in [0.717, 1.165) is 13.1 Å². The van der Waals surface area contributed by atoms with Crippen molar-refractivity contribution in [1.82, 2.24) is 0 Å². The lowest BCUT2D eigenvalue weighted by molar-refractivity contribution is -0.844. The number of hydrogen-bond acceptors (Lipinski definition) is 2. The standard InChI is InChI=1S/C7H13NO2/c1-5-9-6-3-8(2)4-7(6)10-5/h5-8H,2-4H2,1H3/t5?,6-,7+. The molecule has 58 valence electrons. The zero-order valence-electron chi connectivity index (χ0n) is 6.17. The third kappa shape index (κ3) is 0.944. The zero-order chi connectivity index (χ0) is 7.14. The Hall–Kier alpha value is -0.120. The molecule has 0 aliphatic carbocycles. The van der Waals surface area contributed by atoms with Crippen LogP contribution in [0.5, 0.6) is 0 Å². The van der Waals surface area contributed by atoms with Crippen molar-refractivity contribution in [2.45, 2.75) is 25.4 Å². The molecule has 0 radical (unpaired) electrons. The van der Waals surface area contributed by atoms with Gasteiger partial charge in [-0.1, -0.05) is 0 Å². The van der Waals surface area contributed by atoms with Crippen molar-refractivity contribution in [3.63, 3.8) is 0 Å². The molecule has 0 amide bonds. The lowest BCUT2D eigenvalue weighted by atomic mass is 10.3. The van der Waals surface area contributed by atoms with Crippen LogP contribution in [0.4, 0.5) is 0 Å². The number of ether oxygens (including phenoxy) is 2. The van der Waals surface area contributed by atoms with Gasteiger partial charge in [-0.3, -0.25) is 0 Å². The first kappa shape index (κ1) is 6.58. The van der Waals surface area contributed by atoms with Gasteiger partial charge in [0.1, 0.15) is 12.2 Å². The summed E-state index contributed by atoms with van der Waals surface area (Å²) in [4.78, 5) is 1.27. The molecule has 3 nitrogen and oxygen atoms in total. The van der Waals surface area contributed by atoms with Crippen LogP contribution in [0.25, 0.3) is 0 Å². The van der Waals surface area contributed by atoms with E-state index in [4.69, 9.17) is 9.47 Å². The van der Waals surface area contributed by atoms with E-state index in [1.807, 2.05) is 6.92 Å². The Balaban J connectivity index is 2.00. The van der Waals surface area contributed by atoms with Crippen LogP contribution < -0.4 is 4.90 Å². The molecule has 2 saturated heterocycles. The van der Waals surface area contributed by atoms with E-state index in [1.54, 1.807) is 0 Å². The van der Waals surface area contributed by atoms with Gasteiger partial charge in [-0.05, 0) is 6.92 Å². The molecule has 4 atom stereocenters. The fraction of sp³-hybridized carbons (Fsp3) is 0.857. The van der Waals surface area contributed by atoms with Crippen LogP contribution >= 0.6 is 0 Å². The Kier molecular flexibility index (Phi) is 1.44. The number of quaternary nitrogens is 1. The summed E-state index contributed by atoms with van der Waals surface area (Å²) in [5, 5.41) is 0. The molecule has 2 unspecified atom stereocenters. The summed E-state index contributed by atoms with van der Waals surface area (Å²) in [5.41, 5.74) is 0. The van der Waals surface area contributed by atoms with Crippen LogP contribution in [0.15, 0.2) is 0 Å². The molecule has 2 fully saturated rings. The van der Waals surface area contributed by atoms with Crippen molar-refractivity contribution < 1.29 is 14.4 Å². The average Bonchev–Trinajstić information content (AvgIpc) is 2.21. The molecule has 0 bridgehead atoms. The highest BCUT2D eigenvalue weighted by atomic mass is 16.7. The largest absolute Gasteiger partial charge is 0.463 e. The Morgan fingerprint density at radius 3 is 2.30 bits per heavy atom. The van der Waals surface area contributed by atoms with E-state index < -0.39 is 0 Å². The average molecular weight is 143 g/mol. The molecular formula is C7H13NO2. The quantitative estimate of drug-likeness (QED) is 0.431. The summed E-state index contributed by atoms with van der Waals surface area (Å²) in [6.07, 6.45) is 0.619. The summed E-state index contributed by atoms with van der Waals surface area (Å²) in [6, 6.07) is 0. The highest BCUT2D eigenvalue weighted by Crippen LogP contribution is 2.18. The first-order chi connectivity index (χ1) is 4.75. The first-order valence-electron chi connectivity index (χ1n) is 3.73. The molecule has 2 rings (SSSR count). The highest BCUT2D eigenvalue weighted by Gasteiger charge is 2.41. The molecular weight excluding hydrogens is 130 g/mol. The van der Waals surface area contributed by atoms with E-state index in [-0.39, 0.29) is 6.29 Å². The number of likely N-dealkylation sites (tertiary alicyclic amines) is 1. The molecule has 3 heteroatoms. The van der Waals surface area contributed by atoms with Crippen molar-refractivity contribution in [3.8, 4) is 0 Å². The summed E-state index contributed by atoms with van der Waals surface area (Å²) in [7, 11) is 3.90. The second-order valence-corrected chi connectivity index (χ2v) is 3.07. The van der Waals surface area contributed by atoms with Crippen molar-refractivity contribution in [2.75, 3.05) is 13.1 Å². The molecule has 2 aliphatic rings. The molecule has 10 heavy (non-hydrogen) atoms. The fourth-order valence-corrected chi connectivity index (χ4v) is 1.71. The van der Waals surface area contributed by atoms with Crippen LogP contribution in [-0.4, -0.2) is 31.6 Å². The third-order valence-electron chi connectivity index (χ3n) is 2.13. The Labute approximate surface area is 60.9 Å². The van der Waals surface area contributed by atoms with E-state index in [9.17, 15) is 0 Å². The summed E-state index contributed by atoms with van der Waals surface area (Å²) < 4.78 is 10.9. The van der Waals surface area contributed by atoms with Gasteiger partial charge in [0.25, 0.3) is 0 Å². The van der Waals surface area contributed by atoms with Gasteiger partial charge in [-0.2, -0.15) is 7.05 Å². The Morgan fingerprint density at radius 1 is 1.30 bits per heavy atom. The number of nitrogens with one attached hydrogen (secondary N) is 1. The van der Waals surface area contributed by atoms with Crippen LogP contribution in [0.2, 0.25) is 0 Å². The predicted molar refractivity (Wildman–Crippen MR) is 35.3 cm³/mol. The van der Waals surface area contributed by atoms with Crippen LogP contribution in [0.3, 0.4) is 0 Å². The maximum Gasteiger partial charge on any atom is 0.156 e. The summed E-state index contributed by atoms with van der Waals surface area (Å²) in [6.45, 7) is 3.94. The zero-order valence-corrected chi connectivity index (χ0v) is 6.17. The molecule has 2 heterocycles. The number of hydrogen-bond donors (Lipinski definition) is 1. The van der Waals surface area contributed by atoms with Gasteiger partial charge < -0.3 is 14.4 Å². The molecule has 0 aromatic heterocycles. The topological polar surface area (TPSA) is 22.9 Å². The Morgan fingerprint density at radius 2 is 1.80 bits per heavy atom. The van der Waals surface area contributed by atoms with Crippen molar-refractivity contribution >= 4 is 0 Å². The van der Waals surface area contributed by atoms with Crippen molar-refractivity contribution in [1.29, 1.82) is 0 Å². The maximum atomic E-state index is 5.47. The molecule has 0 aromatic rings. The van der Waals surface area contributed by atoms with Crippen LogP contribution in [-0.2, 0) is 9.47 Å². The SMILES string of the molecule is [CH2-][NH+]1C[C@@H]2OC(C)O[C@@H]2C1. The van der Waals surface area contributed by atoms with Crippen molar-refractivity contribution in [2.24, 2.45) is 0 Å².